The van der Waals surface area contributed by atoms with Crippen molar-refractivity contribution in [3.63, 3.8) is 0 Å². The van der Waals surface area contributed by atoms with Crippen LogP contribution in [0.4, 0.5) is 22.0 Å². The third kappa shape index (κ3) is 6.01. The largest absolute Gasteiger partial charge is 0.487 e. The third-order valence-corrected chi connectivity index (χ3v) is 6.31. The maximum Gasteiger partial charge on any atom is 0.194 e. The monoisotopic (exact) mass is 490 g/mol. The summed E-state index contributed by atoms with van der Waals surface area (Å²) < 4.78 is 80.4. The molecule has 0 amide bonds. The van der Waals surface area contributed by atoms with E-state index in [0.717, 1.165) is 37.0 Å². The van der Waals surface area contributed by atoms with Crippen molar-refractivity contribution in [3.8, 4) is 16.9 Å². The first-order chi connectivity index (χ1) is 16.9. The summed E-state index contributed by atoms with van der Waals surface area (Å²) >= 11 is 0. The number of unbranched alkanes of at least 4 members (excludes halogenated alkanes) is 1. The number of ether oxygens (including phenoxy) is 2. The average molecular weight is 491 g/mol. The highest BCUT2D eigenvalue weighted by atomic mass is 19.2. The van der Waals surface area contributed by atoms with Crippen LogP contribution in [-0.2, 0) is 11.2 Å². The summed E-state index contributed by atoms with van der Waals surface area (Å²) in [4.78, 5) is 0. The van der Waals surface area contributed by atoms with E-state index in [0.29, 0.717) is 30.6 Å². The summed E-state index contributed by atoms with van der Waals surface area (Å²) in [6.07, 6.45) is 3.70. The van der Waals surface area contributed by atoms with Gasteiger partial charge in [-0.1, -0.05) is 37.6 Å². The fraction of sp³-hybridized carbons (Fsp3) is 0.357. The van der Waals surface area contributed by atoms with Crippen LogP contribution in [0.3, 0.4) is 0 Å². The fourth-order valence-electron chi connectivity index (χ4n) is 4.29. The first-order valence-corrected chi connectivity index (χ1v) is 11.8. The second kappa shape index (κ2) is 11.2. The zero-order chi connectivity index (χ0) is 24.9. The van der Waals surface area contributed by atoms with Gasteiger partial charge >= 0.3 is 0 Å². The number of hydrogen-bond acceptors (Lipinski definition) is 2. The van der Waals surface area contributed by atoms with Gasteiger partial charge in [0.25, 0.3) is 0 Å². The predicted octanol–water partition coefficient (Wildman–Crippen LogP) is 7.94. The van der Waals surface area contributed by atoms with Crippen molar-refractivity contribution in [2.45, 2.75) is 45.1 Å². The van der Waals surface area contributed by atoms with E-state index in [1.807, 2.05) is 6.92 Å². The molecule has 3 aromatic rings. The molecule has 4 rings (SSSR count). The molecule has 2 atom stereocenters. The molecule has 0 aromatic heterocycles. The Morgan fingerprint density at radius 3 is 2.06 bits per heavy atom. The van der Waals surface area contributed by atoms with Gasteiger partial charge in [0.15, 0.2) is 34.8 Å². The molecule has 0 bridgehead atoms. The molecule has 0 N–H and O–H groups in total. The van der Waals surface area contributed by atoms with Crippen LogP contribution in [0.15, 0.2) is 48.5 Å². The van der Waals surface area contributed by atoms with Gasteiger partial charge in [-0.15, -0.1) is 0 Å². The molecule has 0 saturated carbocycles. The number of benzene rings is 3. The van der Waals surface area contributed by atoms with Crippen molar-refractivity contribution in [2.75, 3.05) is 13.2 Å². The summed E-state index contributed by atoms with van der Waals surface area (Å²) in [7, 11) is 0. The third-order valence-electron chi connectivity index (χ3n) is 6.31. The van der Waals surface area contributed by atoms with Crippen LogP contribution in [0.5, 0.6) is 5.75 Å². The lowest BCUT2D eigenvalue weighted by Gasteiger charge is -2.29. The molecule has 2 unspecified atom stereocenters. The lowest BCUT2D eigenvalue weighted by molar-refractivity contribution is -0.0291. The molecule has 186 valence electrons. The zero-order valence-electron chi connectivity index (χ0n) is 19.4. The number of hydrogen-bond donors (Lipinski definition) is 0. The molecule has 2 nitrogen and oxygen atoms in total. The van der Waals surface area contributed by atoms with Crippen LogP contribution < -0.4 is 4.74 Å². The molecule has 1 saturated heterocycles. The number of aryl methyl sites for hydroxylation is 1. The first-order valence-electron chi connectivity index (χ1n) is 11.8. The summed E-state index contributed by atoms with van der Waals surface area (Å²) in [5.41, 5.74) is 2.32. The molecule has 35 heavy (non-hydrogen) atoms. The van der Waals surface area contributed by atoms with Gasteiger partial charge in [0.1, 0.15) is 0 Å². The molecule has 1 fully saturated rings. The summed E-state index contributed by atoms with van der Waals surface area (Å²) in [5.74, 6) is -5.70. The van der Waals surface area contributed by atoms with Crippen LogP contribution >= 0.6 is 0 Å². The smallest absolute Gasteiger partial charge is 0.194 e. The molecule has 7 heteroatoms. The van der Waals surface area contributed by atoms with E-state index in [1.54, 1.807) is 24.3 Å². The molecule has 1 heterocycles. The minimum Gasteiger partial charge on any atom is -0.487 e. The summed E-state index contributed by atoms with van der Waals surface area (Å²) in [6.45, 7) is 2.54. The minimum absolute atomic E-state index is 0.00532. The molecular weight excluding hydrogens is 463 g/mol. The van der Waals surface area contributed by atoms with E-state index in [9.17, 15) is 22.0 Å². The van der Waals surface area contributed by atoms with Crippen molar-refractivity contribution in [2.24, 2.45) is 5.92 Å². The molecule has 1 aliphatic rings. The zero-order valence-corrected chi connectivity index (χ0v) is 19.4. The molecule has 0 aliphatic carbocycles. The van der Waals surface area contributed by atoms with Crippen LogP contribution in [-0.4, -0.2) is 13.2 Å². The lowest BCUT2D eigenvalue weighted by Crippen LogP contribution is -2.25. The molecule has 0 radical (unpaired) electrons. The van der Waals surface area contributed by atoms with Gasteiger partial charge in [0.05, 0.1) is 19.3 Å². The highest BCUT2D eigenvalue weighted by molar-refractivity contribution is 5.64. The van der Waals surface area contributed by atoms with Crippen molar-refractivity contribution in [1.29, 1.82) is 0 Å². The van der Waals surface area contributed by atoms with Crippen molar-refractivity contribution < 1.29 is 31.4 Å². The lowest BCUT2D eigenvalue weighted by atomic mass is 9.94. The van der Waals surface area contributed by atoms with E-state index in [1.165, 1.54) is 12.1 Å². The Morgan fingerprint density at radius 2 is 1.49 bits per heavy atom. The minimum atomic E-state index is -1.49. The van der Waals surface area contributed by atoms with Crippen LogP contribution in [0, 0.1) is 35.0 Å². The van der Waals surface area contributed by atoms with Gasteiger partial charge in [0.2, 0.25) is 0 Å². The Bertz CT molecular complexity index is 1110. The maximum absolute atomic E-state index is 14.3. The number of halogens is 5. The van der Waals surface area contributed by atoms with E-state index < -0.39 is 29.1 Å². The van der Waals surface area contributed by atoms with E-state index in [4.69, 9.17) is 9.47 Å². The Balaban J connectivity index is 1.31. The summed E-state index contributed by atoms with van der Waals surface area (Å²) in [6, 6.07) is 11.6. The van der Waals surface area contributed by atoms with Gasteiger partial charge in [-0.2, -0.15) is 0 Å². The Labute approximate surface area is 201 Å². The van der Waals surface area contributed by atoms with E-state index in [2.05, 4.69) is 0 Å². The van der Waals surface area contributed by atoms with Crippen LogP contribution in [0.2, 0.25) is 0 Å². The SMILES string of the molecule is CCCCc1cc(F)c(OCC2CCC(c3ccc(-c4cc(F)c(F)c(F)c4)cc3)OC2)c(F)c1. The van der Waals surface area contributed by atoms with Crippen LogP contribution in [0.25, 0.3) is 11.1 Å². The fourth-order valence-corrected chi connectivity index (χ4v) is 4.29. The standard InChI is InChI=1S/C28H27F5O2/c1-2-3-4-17-11-24(31)28(25(32)12-17)35-16-18-5-10-26(34-15-18)20-8-6-19(7-9-20)21-13-22(29)27(33)23(30)14-21/h6-9,11-14,18,26H,2-5,10,15-16H2,1H3. The van der Waals surface area contributed by atoms with Crippen LogP contribution in [0.1, 0.15) is 49.8 Å². The molecule has 3 aromatic carbocycles. The molecule has 0 spiro atoms. The number of rotatable bonds is 8. The highest BCUT2D eigenvalue weighted by Crippen LogP contribution is 2.33. The molecular formula is C28H27F5O2. The maximum atomic E-state index is 14.3. The van der Waals surface area contributed by atoms with Gasteiger partial charge in [-0.25, -0.2) is 22.0 Å². The van der Waals surface area contributed by atoms with Crippen molar-refractivity contribution in [3.05, 3.63) is 88.7 Å². The highest BCUT2D eigenvalue weighted by Gasteiger charge is 2.25. The second-order valence-electron chi connectivity index (χ2n) is 8.94. The van der Waals surface area contributed by atoms with Gasteiger partial charge in [-0.3, -0.25) is 0 Å². The summed E-state index contributed by atoms with van der Waals surface area (Å²) in [5, 5.41) is 0. The normalized spacial score (nSPS) is 18.0. The second-order valence-corrected chi connectivity index (χ2v) is 8.94. The molecule has 1 aliphatic heterocycles. The van der Waals surface area contributed by atoms with E-state index >= 15 is 0 Å². The van der Waals surface area contributed by atoms with Crippen molar-refractivity contribution in [1.82, 2.24) is 0 Å². The predicted molar refractivity (Wildman–Crippen MR) is 124 cm³/mol. The van der Waals surface area contributed by atoms with E-state index in [-0.39, 0.29) is 29.9 Å². The topological polar surface area (TPSA) is 18.5 Å². The van der Waals surface area contributed by atoms with Gasteiger partial charge in [-0.05, 0) is 72.2 Å². The Hall–Kier alpha value is -2.93. The Kier molecular flexibility index (Phi) is 8.06. The quantitative estimate of drug-likeness (QED) is 0.236. The van der Waals surface area contributed by atoms with Crippen molar-refractivity contribution >= 4 is 0 Å². The first kappa shape index (κ1) is 25.2. The van der Waals surface area contributed by atoms with Gasteiger partial charge < -0.3 is 9.47 Å². The van der Waals surface area contributed by atoms with Gasteiger partial charge in [0, 0.05) is 5.92 Å². The Morgan fingerprint density at radius 1 is 0.829 bits per heavy atom. The average Bonchev–Trinajstić information content (AvgIpc) is 2.85.